The summed E-state index contributed by atoms with van der Waals surface area (Å²) in [4.78, 5) is 30.6. The minimum atomic E-state index is -4.37. The summed E-state index contributed by atoms with van der Waals surface area (Å²) in [6.45, 7) is 0.981. The molecule has 0 spiro atoms. The number of aromatic nitrogens is 3. The number of halogens is 3. The Bertz CT molecular complexity index is 1110. The van der Waals surface area contributed by atoms with Crippen LogP contribution < -0.4 is 10.1 Å². The molecule has 8 nitrogen and oxygen atoms in total. The maximum absolute atomic E-state index is 12.9. The number of ether oxygens (including phenoxy) is 1. The van der Waals surface area contributed by atoms with Crippen LogP contribution in [0, 0.1) is 5.92 Å². The molecule has 1 fully saturated rings. The predicted octanol–water partition coefficient (Wildman–Crippen LogP) is 4.53. The maximum Gasteiger partial charge on any atom is 0.432 e. The van der Waals surface area contributed by atoms with E-state index >= 15 is 0 Å². The Hall–Kier alpha value is -2.99. The van der Waals surface area contributed by atoms with E-state index in [4.69, 9.17) is 9.57 Å². The molecule has 1 atom stereocenters. The SMILES string of the molecule is COc1ncnc2sc(NC(=O)ON3CCCC(Cc4cccc(C(F)(F)F)c4)C3)nc12. The molecule has 1 unspecified atom stereocenters. The molecule has 170 valence electrons. The molecule has 1 saturated heterocycles. The third-order valence-electron chi connectivity index (χ3n) is 5.04. The van der Waals surface area contributed by atoms with E-state index < -0.39 is 17.8 Å². The lowest BCUT2D eigenvalue weighted by atomic mass is 9.91. The molecule has 0 saturated carbocycles. The Balaban J connectivity index is 1.34. The number of hydrogen-bond donors (Lipinski definition) is 1. The van der Waals surface area contributed by atoms with E-state index in [-0.39, 0.29) is 5.92 Å². The molecule has 12 heteroatoms. The van der Waals surface area contributed by atoms with Gasteiger partial charge in [0.05, 0.1) is 12.7 Å². The molecule has 1 aliphatic heterocycles. The third kappa shape index (κ3) is 5.25. The van der Waals surface area contributed by atoms with Crippen molar-refractivity contribution in [3.05, 3.63) is 41.7 Å². The van der Waals surface area contributed by atoms with Gasteiger partial charge in [-0.15, -0.1) is 5.06 Å². The highest BCUT2D eigenvalue weighted by atomic mass is 32.1. The zero-order valence-corrected chi connectivity index (χ0v) is 17.9. The van der Waals surface area contributed by atoms with Crippen molar-refractivity contribution >= 4 is 32.9 Å². The smallest absolute Gasteiger partial charge is 0.432 e. The van der Waals surface area contributed by atoms with Crippen molar-refractivity contribution in [3.63, 3.8) is 0 Å². The van der Waals surface area contributed by atoms with Gasteiger partial charge in [0.1, 0.15) is 6.33 Å². The van der Waals surface area contributed by atoms with Crippen LogP contribution in [0.5, 0.6) is 5.88 Å². The number of anilines is 1. The number of nitrogens with one attached hydrogen (secondary N) is 1. The quantitative estimate of drug-likeness (QED) is 0.590. The molecule has 3 heterocycles. The number of rotatable bonds is 5. The normalized spacial score (nSPS) is 17.3. The van der Waals surface area contributed by atoms with Gasteiger partial charge in [0.25, 0.3) is 0 Å². The average Bonchev–Trinajstić information content (AvgIpc) is 3.15. The Morgan fingerprint density at radius 3 is 2.97 bits per heavy atom. The number of nitrogens with zero attached hydrogens (tertiary/aromatic N) is 4. The van der Waals surface area contributed by atoms with Crippen molar-refractivity contribution in [2.45, 2.75) is 25.4 Å². The first-order valence-electron chi connectivity index (χ1n) is 9.87. The lowest BCUT2D eigenvalue weighted by Gasteiger charge is -2.31. The second-order valence-corrected chi connectivity index (χ2v) is 8.34. The van der Waals surface area contributed by atoms with Crippen molar-refractivity contribution in [2.24, 2.45) is 5.92 Å². The van der Waals surface area contributed by atoms with Gasteiger partial charge in [-0.1, -0.05) is 29.5 Å². The van der Waals surface area contributed by atoms with E-state index in [2.05, 4.69) is 20.3 Å². The van der Waals surface area contributed by atoms with Crippen molar-refractivity contribution in [1.29, 1.82) is 0 Å². The van der Waals surface area contributed by atoms with E-state index in [1.165, 1.54) is 30.6 Å². The fraction of sp³-hybridized carbons (Fsp3) is 0.400. The number of hydrogen-bond acceptors (Lipinski definition) is 8. The van der Waals surface area contributed by atoms with Crippen LogP contribution >= 0.6 is 11.3 Å². The summed E-state index contributed by atoms with van der Waals surface area (Å²) in [5, 5.41) is 4.40. The largest absolute Gasteiger partial charge is 0.479 e. The molecule has 0 radical (unpaired) electrons. The summed E-state index contributed by atoms with van der Waals surface area (Å²) in [7, 11) is 1.47. The lowest BCUT2D eigenvalue weighted by molar-refractivity contribution is -0.137. The predicted molar refractivity (Wildman–Crippen MR) is 111 cm³/mol. The molecule has 1 N–H and O–H groups in total. The first-order chi connectivity index (χ1) is 15.3. The number of carbonyl (C=O) groups is 1. The van der Waals surface area contributed by atoms with Crippen molar-refractivity contribution in [3.8, 4) is 5.88 Å². The molecule has 3 aromatic rings. The van der Waals surface area contributed by atoms with Crippen molar-refractivity contribution < 1.29 is 27.5 Å². The monoisotopic (exact) mass is 467 g/mol. The van der Waals surface area contributed by atoms with E-state index in [0.29, 0.717) is 46.4 Å². The van der Waals surface area contributed by atoms with Gasteiger partial charge in [-0.25, -0.2) is 14.8 Å². The van der Waals surface area contributed by atoms with Crippen molar-refractivity contribution in [1.82, 2.24) is 20.0 Å². The van der Waals surface area contributed by atoms with Crippen LogP contribution in [0.15, 0.2) is 30.6 Å². The Morgan fingerprint density at radius 1 is 1.34 bits per heavy atom. The second-order valence-electron chi connectivity index (χ2n) is 7.36. The maximum atomic E-state index is 12.9. The molecule has 4 rings (SSSR count). The minimum Gasteiger partial charge on any atom is -0.479 e. The van der Waals surface area contributed by atoms with E-state index in [0.717, 1.165) is 30.2 Å². The number of fused-ring (bicyclic) bond motifs is 1. The molecule has 1 amide bonds. The van der Waals surface area contributed by atoms with Gasteiger partial charge in [-0.2, -0.15) is 18.2 Å². The number of thiazole rings is 1. The molecule has 0 bridgehead atoms. The highest BCUT2D eigenvalue weighted by Gasteiger charge is 2.31. The molecular formula is C20H20F3N5O3S. The van der Waals surface area contributed by atoms with Crippen LogP contribution in [-0.2, 0) is 17.4 Å². The number of benzene rings is 1. The minimum absolute atomic E-state index is 0.0713. The zero-order chi connectivity index (χ0) is 22.7. The molecule has 1 aliphatic rings. The van der Waals surface area contributed by atoms with Gasteiger partial charge >= 0.3 is 12.3 Å². The van der Waals surface area contributed by atoms with Crippen LogP contribution in [0.25, 0.3) is 10.3 Å². The van der Waals surface area contributed by atoms with E-state index in [9.17, 15) is 18.0 Å². The Morgan fingerprint density at radius 2 is 2.19 bits per heavy atom. The highest BCUT2D eigenvalue weighted by molar-refractivity contribution is 7.22. The average molecular weight is 467 g/mol. The van der Waals surface area contributed by atoms with Crippen LogP contribution in [-0.4, -0.2) is 46.3 Å². The lowest BCUT2D eigenvalue weighted by Crippen LogP contribution is -2.38. The Labute approximate surface area is 185 Å². The second kappa shape index (κ2) is 9.25. The van der Waals surface area contributed by atoms with Gasteiger partial charge in [-0.05, 0) is 36.8 Å². The fourth-order valence-corrected chi connectivity index (χ4v) is 4.43. The molecule has 2 aromatic heterocycles. The van der Waals surface area contributed by atoms with Gasteiger partial charge in [0.2, 0.25) is 5.88 Å². The molecular weight excluding hydrogens is 447 g/mol. The standard InChI is InChI=1S/C20H20F3N5O3S/c1-30-16-15-17(25-11-24-16)32-18(26-15)27-19(29)31-28-7-3-5-13(10-28)8-12-4-2-6-14(9-12)20(21,22)23/h2,4,6,9,11,13H,3,5,7-8,10H2,1H3,(H,26,27,29). The summed E-state index contributed by atoms with van der Waals surface area (Å²) >= 11 is 1.16. The van der Waals surface area contributed by atoms with Crippen LogP contribution in [0.2, 0.25) is 0 Å². The third-order valence-corrected chi connectivity index (χ3v) is 5.92. The summed E-state index contributed by atoms with van der Waals surface area (Å²) < 4.78 is 44.0. The molecule has 1 aromatic carbocycles. The topological polar surface area (TPSA) is 89.5 Å². The summed E-state index contributed by atoms with van der Waals surface area (Å²) in [5.74, 6) is 0.378. The number of carbonyl (C=O) groups excluding carboxylic acids is 1. The van der Waals surface area contributed by atoms with Crippen LogP contribution in [0.4, 0.5) is 23.1 Å². The molecule has 32 heavy (non-hydrogen) atoms. The number of hydroxylamine groups is 2. The summed E-state index contributed by atoms with van der Waals surface area (Å²) in [5.41, 5.74) is 0.394. The van der Waals surface area contributed by atoms with Crippen LogP contribution in [0.1, 0.15) is 24.0 Å². The summed E-state index contributed by atoms with van der Waals surface area (Å²) in [6, 6.07) is 5.34. The first kappa shape index (κ1) is 22.2. The first-order valence-corrected chi connectivity index (χ1v) is 10.7. The number of piperidine rings is 1. The Kier molecular flexibility index (Phi) is 6.42. The van der Waals surface area contributed by atoms with Gasteiger partial charge in [0.15, 0.2) is 15.5 Å². The van der Waals surface area contributed by atoms with E-state index in [1.54, 1.807) is 6.07 Å². The van der Waals surface area contributed by atoms with Gasteiger partial charge in [0, 0.05) is 13.1 Å². The van der Waals surface area contributed by atoms with E-state index in [1.807, 2.05) is 0 Å². The van der Waals surface area contributed by atoms with Crippen molar-refractivity contribution in [2.75, 3.05) is 25.5 Å². The van der Waals surface area contributed by atoms with Crippen LogP contribution in [0.3, 0.4) is 0 Å². The van der Waals surface area contributed by atoms with Gasteiger partial charge in [-0.3, -0.25) is 5.32 Å². The zero-order valence-electron chi connectivity index (χ0n) is 17.1. The number of alkyl halides is 3. The van der Waals surface area contributed by atoms with Gasteiger partial charge < -0.3 is 9.57 Å². The highest BCUT2D eigenvalue weighted by Crippen LogP contribution is 2.31. The summed E-state index contributed by atoms with van der Waals surface area (Å²) in [6.07, 6.45) is -1.64. The fourth-order valence-electron chi connectivity index (χ4n) is 3.65. The molecule has 0 aliphatic carbocycles. The number of amides is 1. The number of methoxy groups -OCH3 is 1.